The molecular formula is C26H35N3O2. The van der Waals surface area contributed by atoms with Crippen LogP contribution in [-0.4, -0.2) is 79.1 Å². The first-order valence-electron chi connectivity index (χ1n) is 11.7. The van der Waals surface area contributed by atoms with E-state index in [4.69, 9.17) is 4.74 Å². The first kappa shape index (κ1) is 21.8. The standard InChI is InChI=1S/C26H35N3O2/c30-26(14-13-23-8-3-1-4-9-23)29-15-7-10-24(22-29)28-18-16-27(17-19-28)20-21-31-25-11-5-2-6-12-25/h1-6,8-9,11-12,24H,7,10,13-22H2. The second-order valence-corrected chi connectivity index (χ2v) is 8.66. The van der Waals surface area contributed by atoms with E-state index in [0.717, 1.165) is 71.0 Å². The Kier molecular flexibility index (Phi) is 7.97. The predicted molar refractivity (Wildman–Crippen MR) is 124 cm³/mol. The van der Waals surface area contributed by atoms with Crippen molar-refractivity contribution in [2.24, 2.45) is 0 Å². The summed E-state index contributed by atoms with van der Waals surface area (Å²) >= 11 is 0. The van der Waals surface area contributed by atoms with Crippen molar-refractivity contribution < 1.29 is 9.53 Å². The van der Waals surface area contributed by atoms with Gasteiger partial charge in [-0.3, -0.25) is 14.6 Å². The van der Waals surface area contributed by atoms with E-state index in [9.17, 15) is 4.79 Å². The third-order valence-corrected chi connectivity index (χ3v) is 6.56. The average molecular weight is 422 g/mol. The molecule has 1 atom stereocenters. The summed E-state index contributed by atoms with van der Waals surface area (Å²) in [5, 5.41) is 0. The molecule has 2 aliphatic heterocycles. The minimum atomic E-state index is 0.310. The summed E-state index contributed by atoms with van der Waals surface area (Å²) < 4.78 is 5.85. The molecule has 2 aliphatic rings. The predicted octanol–water partition coefficient (Wildman–Crippen LogP) is 3.31. The number of hydrogen-bond acceptors (Lipinski definition) is 4. The quantitative estimate of drug-likeness (QED) is 0.655. The lowest BCUT2D eigenvalue weighted by molar-refractivity contribution is -0.133. The van der Waals surface area contributed by atoms with E-state index >= 15 is 0 Å². The largest absolute Gasteiger partial charge is 0.492 e. The van der Waals surface area contributed by atoms with Crippen LogP contribution in [0.4, 0.5) is 0 Å². The Hall–Kier alpha value is -2.37. The Bertz CT molecular complexity index is 791. The molecule has 5 nitrogen and oxygen atoms in total. The van der Waals surface area contributed by atoms with Gasteiger partial charge in [-0.05, 0) is 37.0 Å². The molecule has 1 unspecified atom stereocenters. The zero-order chi connectivity index (χ0) is 21.3. The zero-order valence-electron chi connectivity index (χ0n) is 18.5. The van der Waals surface area contributed by atoms with E-state index in [1.54, 1.807) is 0 Å². The topological polar surface area (TPSA) is 36.0 Å². The molecule has 2 heterocycles. The van der Waals surface area contributed by atoms with Crippen molar-refractivity contribution >= 4 is 5.91 Å². The third-order valence-electron chi connectivity index (χ3n) is 6.56. The van der Waals surface area contributed by atoms with Crippen LogP contribution in [0, 0.1) is 0 Å². The highest BCUT2D eigenvalue weighted by Crippen LogP contribution is 2.19. The fourth-order valence-electron chi connectivity index (χ4n) is 4.69. The van der Waals surface area contributed by atoms with Crippen LogP contribution in [0.3, 0.4) is 0 Å². The van der Waals surface area contributed by atoms with Gasteiger partial charge >= 0.3 is 0 Å². The normalized spacial score (nSPS) is 20.5. The lowest BCUT2D eigenvalue weighted by atomic mass is 10.0. The van der Waals surface area contributed by atoms with Gasteiger partial charge in [-0.2, -0.15) is 0 Å². The van der Waals surface area contributed by atoms with Crippen molar-refractivity contribution in [2.75, 3.05) is 52.4 Å². The second-order valence-electron chi connectivity index (χ2n) is 8.66. The van der Waals surface area contributed by atoms with Crippen molar-refractivity contribution in [1.29, 1.82) is 0 Å². The van der Waals surface area contributed by atoms with Crippen LogP contribution in [0.5, 0.6) is 5.75 Å². The Morgan fingerprint density at radius 1 is 0.903 bits per heavy atom. The van der Waals surface area contributed by atoms with Gasteiger partial charge in [0.1, 0.15) is 12.4 Å². The Labute approximate surface area is 186 Å². The molecule has 2 aromatic rings. The highest BCUT2D eigenvalue weighted by molar-refractivity contribution is 5.76. The molecular weight excluding hydrogens is 386 g/mol. The molecule has 2 aromatic carbocycles. The number of rotatable bonds is 8. The first-order valence-corrected chi connectivity index (χ1v) is 11.7. The lowest BCUT2D eigenvalue weighted by Gasteiger charge is -2.43. The van der Waals surface area contributed by atoms with Crippen molar-refractivity contribution in [3.8, 4) is 5.75 Å². The molecule has 0 bridgehead atoms. The SMILES string of the molecule is O=C(CCc1ccccc1)N1CCCC(N2CCN(CCOc3ccccc3)CC2)C1. The van der Waals surface area contributed by atoms with Crippen LogP contribution in [0.1, 0.15) is 24.8 Å². The van der Waals surface area contributed by atoms with Crippen LogP contribution in [-0.2, 0) is 11.2 Å². The van der Waals surface area contributed by atoms with Gasteiger partial charge in [0.25, 0.3) is 0 Å². The maximum Gasteiger partial charge on any atom is 0.222 e. The molecule has 1 amide bonds. The number of aryl methyl sites for hydroxylation is 1. The van der Waals surface area contributed by atoms with Gasteiger partial charge in [0, 0.05) is 58.3 Å². The molecule has 0 aromatic heterocycles. The van der Waals surface area contributed by atoms with E-state index in [2.05, 4.69) is 26.8 Å². The highest BCUT2D eigenvalue weighted by Gasteiger charge is 2.29. The molecule has 31 heavy (non-hydrogen) atoms. The molecule has 2 fully saturated rings. The molecule has 0 saturated carbocycles. The summed E-state index contributed by atoms with van der Waals surface area (Å²) in [4.78, 5) is 20.0. The van der Waals surface area contributed by atoms with Crippen molar-refractivity contribution in [1.82, 2.24) is 14.7 Å². The Balaban J connectivity index is 1.16. The second kappa shape index (κ2) is 11.3. The average Bonchev–Trinajstić information content (AvgIpc) is 2.84. The van der Waals surface area contributed by atoms with Gasteiger partial charge in [-0.15, -0.1) is 0 Å². The number of hydrogen-bond donors (Lipinski definition) is 0. The summed E-state index contributed by atoms with van der Waals surface area (Å²) in [5.74, 6) is 1.26. The van der Waals surface area contributed by atoms with E-state index in [-0.39, 0.29) is 0 Å². The van der Waals surface area contributed by atoms with Crippen LogP contribution >= 0.6 is 0 Å². The number of ether oxygens (including phenoxy) is 1. The van der Waals surface area contributed by atoms with Gasteiger partial charge in [0.15, 0.2) is 0 Å². The number of likely N-dealkylation sites (tertiary alicyclic amines) is 1. The molecule has 0 spiro atoms. The summed E-state index contributed by atoms with van der Waals surface area (Å²) in [6.45, 7) is 7.84. The number of carbonyl (C=O) groups is 1. The fraction of sp³-hybridized carbons (Fsp3) is 0.500. The first-order chi connectivity index (χ1) is 15.3. The number of carbonyl (C=O) groups excluding carboxylic acids is 1. The zero-order valence-corrected chi connectivity index (χ0v) is 18.5. The Morgan fingerprint density at radius 2 is 1.61 bits per heavy atom. The number of benzene rings is 2. The van der Waals surface area contributed by atoms with E-state index < -0.39 is 0 Å². The minimum absolute atomic E-state index is 0.310. The van der Waals surface area contributed by atoms with Crippen molar-refractivity contribution in [2.45, 2.75) is 31.7 Å². The minimum Gasteiger partial charge on any atom is -0.492 e. The molecule has 0 N–H and O–H groups in total. The smallest absolute Gasteiger partial charge is 0.222 e. The summed E-state index contributed by atoms with van der Waals surface area (Å²) in [6, 6.07) is 20.9. The monoisotopic (exact) mass is 421 g/mol. The number of amides is 1. The maximum atomic E-state index is 12.8. The van der Waals surface area contributed by atoms with Crippen molar-refractivity contribution in [3.05, 3.63) is 66.2 Å². The summed E-state index contributed by atoms with van der Waals surface area (Å²) in [5.41, 5.74) is 1.25. The third kappa shape index (κ3) is 6.55. The molecule has 2 saturated heterocycles. The van der Waals surface area contributed by atoms with Gasteiger partial charge in [-0.25, -0.2) is 0 Å². The maximum absolute atomic E-state index is 12.8. The van der Waals surface area contributed by atoms with Gasteiger partial charge in [-0.1, -0.05) is 48.5 Å². The van der Waals surface area contributed by atoms with Crippen molar-refractivity contribution in [3.63, 3.8) is 0 Å². The van der Waals surface area contributed by atoms with Gasteiger partial charge in [0.05, 0.1) is 0 Å². The fourth-order valence-corrected chi connectivity index (χ4v) is 4.69. The lowest BCUT2D eigenvalue weighted by Crippen LogP contribution is -2.56. The van der Waals surface area contributed by atoms with E-state index in [0.29, 0.717) is 18.4 Å². The molecule has 4 rings (SSSR count). The summed E-state index contributed by atoms with van der Waals surface area (Å²) in [7, 11) is 0. The number of piperazine rings is 1. The van der Waals surface area contributed by atoms with Gasteiger partial charge in [0.2, 0.25) is 5.91 Å². The number of nitrogens with zero attached hydrogens (tertiary/aromatic N) is 3. The molecule has 5 heteroatoms. The molecule has 166 valence electrons. The molecule has 0 aliphatic carbocycles. The number of para-hydroxylation sites is 1. The Morgan fingerprint density at radius 3 is 2.35 bits per heavy atom. The van der Waals surface area contributed by atoms with Gasteiger partial charge < -0.3 is 9.64 Å². The van der Waals surface area contributed by atoms with Crippen LogP contribution < -0.4 is 4.74 Å². The molecule has 0 radical (unpaired) electrons. The van der Waals surface area contributed by atoms with Crippen LogP contribution in [0.15, 0.2) is 60.7 Å². The van der Waals surface area contributed by atoms with Crippen LogP contribution in [0.25, 0.3) is 0 Å². The summed E-state index contributed by atoms with van der Waals surface area (Å²) in [6.07, 6.45) is 3.78. The van der Waals surface area contributed by atoms with E-state index in [1.165, 1.54) is 12.0 Å². The highest BCUT2D eigenvalue weighted by atomic mass is 16.5. The van der Waals surface area contributed by atoms with Crippen LogP contribution in [0.2, 0.25) is 0 Å². The number of piperidine rings is 1. The van der Waals surface area contributed by atoms with E-state index in [1.807, 2.05) is 48.5 Å².